The van der Waals surface area contributed by atoms with E-state index in [1.807, 2.05) is 6.92 Å². The first-order valence-electron chi connectivity index (χ1n) is 7.53. The molecular weight excluding hydrogens is 283 g/mol. The first kappa shape index (κ1) is 18.2. The number of amides is 1. The fourth-order valence-corrected chi connectivity index (χ4v) is 3.42. The summed E-state index contributed by atoms with van der Waals surface area (Å²) in [5, 5.41) is 3.02. The Morgan fingerprint density at radius 2 is 2.10 bits per heavy atom. The van der Waals surface area contributed by atoms with Gasteiger partial charge in [-0.3, -0.25) is 9.69 Å². The number of nitrogens with two attached hydrogens (primary N) is 1. The normalized spacial score (nSPS) is 26.5. The van der Waals surface area contributed by atoms with Crippen LogP contribution < -0.4 is 11.1 Å². The smallest absolute Gasteiger partial charge is 0.368 e. The molecule has 0 aromatic rings. The topological polar surface area (TPSA) is 58.4 Å². The largest absolute Gasteiger partial charge is 0.401 e. The van der Waals surface area contributed by atoms with Crippen LogP contribution in [-0.2, 0) is 4.79 Å². The molecule has 1 saturated carbocycles. The number of nitrogens with one attached hydrogen (secondary N) is 1. The number of halogens is 3. The van der Waals surface area contributed by atoms with Crippen molar-refractivity contribution in [2.75, 3.05) is 26.7 Å². The minimum Gasteiger partial charge on any atom is -0.368 e. The number of nitrogens with zero attached hydrogens (tertiary/aromatic N) is 1. The van der Waals surface area contributed by atoms with Crippen molar-refractivity contribution >= 4 is 5.91 Å². The Morgan fingerprint density at radius 3 is 2.57 bits per heavy atom. The zero-order chi connectivity index (χ0) is 16.1. The van der Waals surface area contributed by atoms with E-state index in [0.717, 1.165) is 12.8 Å². The highest BCUT2D eigenvalue weighted by Gasteiger charge is 2.46. The molecule has 1 aliphatic rings. The zero-order valence-electron chi connectivity index (χ0n) is 12.8. The fraction of sp³-hybridized carbons (Fsp3) is 0.929. The molecule has 0 bridgehead atoms. The number of hydrogen-bond donors (Lipinski definition) is 2. The number of carbonyl (C=O) groups is 1. The molecule has 1 aliphatic carbocycles. The van der Waals surface area contributed by atoms with Crippen LogP contribution in [0.3, 0.4) is 0 Å². The molecule has 124 valence electrons. The van der Waals surface area contributed by atoms with Gasteiger partial charge in [-0.15, -0.1) is 0 Å². The van der Waals surface area contributed by atoms with E-state index in [2.05, 4.69) is 5.32 Å². The molecule has 0 aromatic carbocycles. The second kappa shape index (κ2) is 7.45. The van der Waals surface area contributed by atoms with Gasteiger partial charge in [0.1, 0.15) is 5.54 Å². The van der Waals surface area contributed by atoms with Crippen molar-refractivity contribution < 1.29 is 18.0 Å². The first-order valence-corrected chi connectivity index (χ1v) is 7.53. The van der Waals surface area contributed by atoms with Gasteiger partial charge in [0.2, 0.25) is 5.91 Å². The van der Waals surface area contributed by atoms with Gasteiger partial charge in [0, 0.05) is 0 Å². The van der Waals surface area contributed by atoms with Crippen molar-refractivity contribution in [2.24, 2.45) is 11.7 Å². The van der Waals surface area contributed by atoms with E-state index in [1.165, 1.54) is 4.90 Å². The van der Waals surface area contributed by atoms with E-state index in [-0.39, 0.29) is 5.92 Å². The van der Waals surface area contributed by atoms with Crippen molar-refractivity contribution in [3.05, 3.63) is 0 Å². The number of rotatable bonds is 8. The summed E-state index contributed by atoms with van der Waals surface area (Å²) in [6.45, 7) is 1.72. The Balaban J connectivity index is 2.64. The minimum atomic E-state index is -4.19. The van der Waals surface area contributed by atoms with E-state index in [0.29, 0.717) is 32.4 Å². The number of hydrogen-bond acceptors (Lipinski definition) is 3. The summed E-state index contributed by atoms with van der Waals surface area (Å²) in [5.74, 6) is -0.391. The summed E-state index contributed by atoms with van der Waals surface area (Å²) in [6.07, 6.45) is -0.587. The van der Waals surface area contributed by atoms with Crippen molar-refractivity contribution in [2.45, 2.75) is 50.7 Å². The van der Waals surface area contributed by atoms with Crippen LogP contribution in [0.5, 0.6) is 0 Å². The molecular formula is C14H26F3N3O. The van der Waals surface area contributed by atoms with Crippen molar-refractivity contribution in [1.82, 2.24) is 10.2 Å². The Hall–Kier alpha value is -0.820. The van der Waals surface area contributed by atoms with Gasteiger partial charge in [-0.25, -0.2) is 0 Å². The molecule has 0 aromatic heterocycles. The molecule has 2 atom stereocenters. The van der Waals surface area contributed by atoms with Crippen molar-refractivity contribution in [3.8, 4) is 0 Å². The molecule has 21 heavy (non-hydrogen) atoms. The number of carbonyl (C=O) groups excluding carboxylic acids is 1. The number of likely N-dealkylation sites (N-methyl/N-ethyl adjacent to an activating group) is 1. The molecule has 1 fully saturated rings. The summed E-state index contributed by atoms with van der Waals surface area (Å²) in [6, 6.07) is 0. The lowest BCUT2D eigenvalue weighted by Gasteiger charge is -2.34. The third-order valence-electron chi connectivity index (χ3n) is 4.44. The Bertz CT molecular complexity index is 349. The molecule has 1 rings (SSSR count). The molecule has 0 saturated heterocycles. The lowest BCUT2D eigenvalue weighted by atomic mass is 9.84. The van der Waals surface area contributed by atoms with Gasteiger partial charge < -0.3 is 11.1 Å². The van der Waals surface area contributed by atoms with Crippen LogP contribution >= 0.6 is 0 Å². The van der Waals surface area contributed by atoms with Gasteiger partial charge in [0.25, 0.3) is 0 Å². The van der Waals surface area contributed by atoms with Crippen LogP contribution in [0.15, 0.2) is 0 Å². The van der Waals surface area contributed by atoms with Crippen LogP contribution in [-0.4, -0.2) is 49.2 Å². The third kappa shape index (κ3) is 4.85. The van der Waals surface area contributed by atoms with Crippen molar-refractivity contribution in [1.29, 1.82) is 0 Å². The predicted octanol–water partition coefficient (Wildman–Crippen LogP) is 1.89. The Labute approximate surface area is 124 Å². The first-order chi connectivity index (χ1) is 9.75. The Kier molecular flexibility index (Phi) is 6.46. The van der Waals surface area contributed by atoms with E-state index in [1.54, 1.807) is 7.05 Å². The van der Waals surface area contributed by atoms with Gasteiger partial charge in [-0.05, 0) is 51.7 Å². The average molecular weight is 309 g/mol. The highest BCUT2D eigenvalue weighted by atomic mass is 19.4. The van der Waals surface area contributed by atoms with E-state index in [9.17, 15) is 18.0 Å². The second-order valence-corrected chi connectivity index (χ2v) is 5.85. The molecule has 4 nitrogen and oxygen atoms in total. The lowest BCUT2D eigenvalue weighted by molar-refractivity contribution is -0.146. The van der Waals surface area contributed by atoms with E-state index < -0.39 is 24.2 Å². The van der Waals surface area contributed by atoms with E-state index >= 15 is 0 Å². The van der Waals surface area contributed by atoms with Gasteiger partial charge >= 0.3 is 6.18 Å². The summed E-state index contributed by atoms with van der Waals surface area (Å²) in [4.78, 5) is 13.1. The molecule has 1 amide bonds. The van der Waals surface area contributed by atoms with Crippen LogP contribution in [0, 0.1) is 5.92 Å². The third-order valence-corrected chi connectivity index (χ3v) is 4.44. The van der Waals surface area contributed by atoms with Gasteiger partial charge in [-0.1, -0.05) is 13.3 Å². The molecule has 7 heteroatoms. The summed E-state index contributed by atoms with van der Waals surface area (Å²) < 4.78 is 37.6. The standard InChI is InChI=1S/C14H26F3N3O/c1-3-8-20(10-14(15,16)17)9-6-11-5-4-7-13(11,19-2)12(18)21/h11,19H,3-10H2,1-2H3,(H2,18,21). The SMILES string of the molecule is CCCN(CCC1CCCC1(NC)C(N)=O)CC(F)(F)F. The maximum atomic E-state index is 12.5. The van der Waals surface area contributed by atoms with Crippen molar-refractivity contribution in [3.63, 3.8) is 0 Å². The van der Waals surface area contributed by atoms with Crippen LogP contribution in [0.4, 0.5) is 13.2 Å². The van der Waals surface area contributed by atoms with Gasteiger partial charge in [0.05, 0.1) is 6.54 Å². The van der Waals surface area contributed by atoms with Crippen LogP contribution in [0.2, 0.25) is 0 Å². The minimum absolute atomic E-state index is 0.00703. The molecule has 2 unspecified atom stereocenters. The molecule has 0 heterocycles. The number of alkyl halides is 3. The number of primary amides is 1. The Morgan fingerprint density at radius 1 is 1.43 bits per heavy atom. The summed E-state index contributed by atoms with van der Waals surface area (Å²) >= 11 is 0. The highest BCUT2D eigenvalue weighted by Crippen LogP contribution is 2.37. The zero-order valence-corrected chi connectivity index (χ0v) is 12.8. The molecule has 0 aliphatic heterocycles. The summed E-state index contributed by atoms with van der Waals surface area (Å²) in [5.41, 5.74) is 4.75. The second-order valence-electron chi connectivity index (χ2n) is 5.85. The molecule has 0 radical (unpaired) electrons. The molecule has 3 N–H and O–H groups in total. The van der Waals surface area contributed by atoms with E-state index in [4.69, 9.17) is 5.73 Å². The average Bonchev–Trinajstić information content (AvgIpc) is 2.78. The fourth-order valence-electron chi connectivity index (χ4n) is 3.42. The monoisotopic (exact) mass is 309 g/mol. The van der Waals surface area contributed by atoms with Crippen LogP contribution in [0.1, 0.15) is 39.0 Å². The van der Waals surface area contributed by atoms with Gasteiger partial charge in [0.15, 0.2) is 0 Å². The quantitative estimate of drug-likeness (QED) is 0.720. The maximum Gasteiger partial charge on any atom is 0.401 e. The summed E-state index contributed by atoms with van der Waals surface area (Å²) in [7, 11) is 1.70. The molecule has 0 spiro atoms. The van der Waals surface area contributed by atoms with Gasteiger partial charge in [-0.2, -0.15) is 13.2 Å². The maximum absolute atomic E-state index is 12.5. The lowest BCUT2D eigenvalue weighted by Crippen LogP contribution is -2.57. The highest BCUT2D eigenvalue weighted by molar-refractivity contribution is 5.85. The van der Waals surface area contributed by atoms with Crippen LogP contribution in [0.25, 0.3) is 0 Å². The predicted molar refractivity (Wildman–Crippen MR) is 75.7 cm³/mol.